The molecule has 84 valence electrons. The average Bonchev–Trinajstić information content (AvgIpc) is 2.32. The van der Waals surface area contributed by atoms with Crippen LogP contribution >= 0.6 is 0 Å². The molecule has 1 aliphatic rings. The predicted molar refractivity (Wildman–Crippen MR) is 57.3 cm³/mol. The molecule has 4 nitrogen and oxygen atoms in total. The summed E-state index contributed by atoms with van der Waals surface area (Å²) in [5, 5.41) is 0. The molecule has 0 aromatic carbocycles. The lowest BCUT2D eigenvalue weighted by Gasteiger charge is -2.06. The van der Waals surface area contributed by atoms with Gasteiger partial charge in [0, 0.05) is 12.6 Å². The van der Waals surface area contributed by atoms with Gasteiger partial charge in [-0.05, 0) is 10.8 Å². The first-order valence-electron chi connectivity index (χ1n) is 4.85. The second-order valence-corrected chi connectivity index (χ2v) is 6.98. The Bertz CT molecular complexity index is 306. The fraction of sp³-hybridized carbons (Fsp3) is 1.00. The molecule has 0 aliphatic heterocycles. The Morgan fingerprint density at radius 2 is 1.64 bits per heavy atom. The van der Waals surface area contributed by atoms with Gasteiger partial charge in [-0.3, -0.25) is 0 Å². The van der Waals surface area contributed by atoms with Gasteiger partial charge >= 0.3 is 0 Å². The molecule has 0 aromatic heterocycles. The summed E-state index contributed by atoms with van der Waals surface area (Å²) in [5.41, 5.74) is 5.30. The Kier molecular flexibility index (Phi) is 2.71. The van der Waals surface area contributed by atoms with Gasteiger partial charge in [0.25, 0.3) is 0 Å². The van der Waals surface area contributed by atoms with Crippen LogP contribution < -0.4 is 10.5 Å². The van der Waals surface area contributed by atoms with Crippen LogP contribution in [-0.4, -0.2) is 26.8 Å². The summed E-state index contributed by atoms with van der Waals surface area (Å²) in [4.78, 5) is 0. The molecular formula is C9H20N2O2S. The van der Waals surface area contributed by atoms with Gasteiger partial charge in [-0.15, -0.1) is 0 Å². The van der Waals surface area contributed by atoms with Gasteiger partial charge in [0.15, 0.2) is 0 Å². The average molecular weight is 220 g/mol. The maximum atomic E-state index is 11.5. The quantitative estimate of drug-likeness (QED) is 0.715. The second-order valence-electron chi connectivity index (χ2n) is 5.10. The Balaban J connectivity index is 2.66. The standard InChI is InChI=1S/C9H20N2O2S/c1-8(2)7(9(8,3)4)11-14(12,13)6-5-10/h7,11H,5-6,10H2,1-4H3. The zero-order valence-electron chi connectivity index (χ0n) is 9.29. The molecular weight excluding hydrogens is 200 g/mol. The van der Waals surface area contributed by atoms with Crippen molar-refractivity contribution in [2.24, 2.45) is 16.6 Å². The van der Waals surface area contributed by atoms with Crippen molar-refractivity contribution in [3.05, 3.63) is 0 Å². The van der Waals surface area contributed by atoms with Gasteiger partial charge in [0.1, 0.15) is 0 Å². The molecule has 14 heavy (non-hydrogen) atoms. The lowest BCUT2D eigenvalue weighted by atomic mass is 10.0. The second kappa shape index (κ2) is 3.18. The van der Waals surface area contributed by atoms with Crippen molar-refractivity contribution in [3.63, 3.8) is 0 Å². The van der Waals surface area contributed by atoms with Gasteiger partial charge in [-0.2, -0.15) is 0 Å². The highest BCUT2D eigenvalue weighted by atomic mass is 32.2. The van der Waals surface area contributed by atoms with Gasteiger partial charge in [0.2, 0.25) is 10.0 Å². The van der Waals surface area contributed by atoms with E-state index in [0.717, 1.165) is 0 Å². The van der Waals surface area contributed by atoms with Gasteiger partial charge in [-0.1, -0.05) is 27.7 Å². The van der Waals surface area contributed by atoms with Crippen LogP contribution in [0, 0.1) is 10.8 Å². The maximum Gasteiger partial charge on any atom is 0.213 e. The molecule has 0 bridgehead atoms. The maximum absolute atomic E-state index is 11.5. The van der Waals surface area contributed by atoms with Crippen molar-refractivity contribution in [1.29, 1.82) is 0 Å². The van der Waals surface area contributed by atoms with Crippen LogP contribution in [0.5, 0.6) is 0 Å². The van der Waals surface area contributed by atoms with E-state index in [9.17, 15) is 8.42 Å². The lowest BCUT2D eigenvalue weighted by molar-refractivity contribution is 0.457. The number of hydrogen-bond donors (Lipinski definition) is 2. The van der Waals surface area contributed by atoms with Crippen molar-refractivity contribution in [2.75, 3.05) is 12.3 Å². The highest BCUT2D eigenvalue weighted by Crippen LogP contribution is 2.62. The number of rotatable bonds is 4. The fourth-order valence-corrected chi connectivity index (χ4v) is 3.26. The van der Waals surface area contributed by atoms with E-state index in [0.29, 0.717) is 0 Å². The summed E-state index contributed by atoms with van der Waals surface area (Å²) in [7, 11) is -3.19. The fourth-order valence-electron chi connectivity index (χ4n) is 1.88. The number of nitrogens with one attached hydrogen (secondary N) is 1. The van der Waals surface area contributed by atoms with E-state index in [-0.39, 0.29) is 29.2 Å². The normalized spacial score (nSPS) is 24.9. The summed E-state index contributed by atoms with van der Waals surface area (Å²) >= 11 is 0. The van der Waals surface area contributed by atoms with Crippen molar-refractivity contribution >= 4 is 10.0 Å². The molecule has 0 amide bonds. The van der Waals surface area contributed by atoms with Crippen molar-refractivity contribution < 1.29 is 8.42 Å². The smallest absolute Gasteiger partial charge is 0.213 e. The van der Waals surface area contributed by atoms with Crippen LogP contribution in [0.25, 0.3) is 0 Å². The minimum atomic E-state index is -3.19. The van der Waals surface area contributed by atoms with E-state index in [4.69, 9.17) is 5.73 Å². The van der Waals surface area contributed by atoms with E-state index in [1.165, 1.54) is 0 Å². The summed E-state index contributed by atoms with van der Waals surface area (Å²) in [6, 6.07) is 0.0338. The minimum Gasteiger partial charge on any atom is -0.329 e. The Labute approximate surface area is 86.3 Å². The Morgan fingerprint density at radius 1 is 1.21 bits per heavy atom. The summed E-state index contributed by atoms with van der Waals surface area (Å²) in [5.74, 6) is 0.00958. The summed E-state index contributed by atoms with van der Waals surface area (Å²) in [6.45, 7) is 8.46. The molecule has 0 aromatic rings. The third-order valence-electron chi connectivity index (χ3n) is 3.70. The first-order chi connectivity index (χ1) is 6.15. The first-order valence-corrected chi connectivity index (χ1v) is 6.50. The molecule has 0 spiro atoms. The summed E-state index contributed by atoms with van der Waals surface area (Å²) in [6.07, 6.45) is 0. The summed E-state index contributed by atoms with van der Waals surface area (Å²) < 4.78 is 25.6. The molecule has 1 fully saturated rings. The van der Waals surface area contributed by atoms with E-state index >= 15 is 0 Å². The molecule has 0 saturated heterocycles. The number of sulfonamides is 1. The third kappa shape index (κ3) is 1.81. The van der Waals surface area contributed by atoms with Crippen molar-refractivity contribution in [1.82, 2.24) is 4.72 Å². The molecule has 5 heteroatoms. The van der Waals surface area contributed by atoms with Crippen LogP contribution in [-0.2, 0) is 10.0 Å². The topological polar surface area (TPSA) is 72.2 Å². The Hall–Kier alpha value is -0.130. The van der Waals surface area contributed by atoms with Crippen LogP contribution in [0.1, 0.15) is 27.7 Å². The van der Waals surface area contributed by atoms with E-state index in [2.05, 4.69) is 32.4 Å². The molecule has 0 radical (unpaired) electrons. The van der Waals surface area contributed by atoms with Gasteiger partial charge in [0.05, 0.1) is 5.75 Å². The lowest BCUT2D eigenvalue weighted by Crippen LogP contribution is -2.34. The molecule has 1 aliphatic carbocycles. The third-order valence-corrected chi connectivity index (χ3v) is 5.07. The van der Waals surface area contributed by atoms with E-state index < -0.39 is 10.0 Å². The zero-order valence-corrected chi connectivity index (χ0v) is 10.1. The minimum absolute atomic E-state index is 0.00958. The first kappa shape index (κ1) is 11.9. The van der Waals surface area contributed by atoms with Gasteiger partial charge < -0.3 is 5.73 Å². The predicted octanol–water partition coefficient (Wildman–Crippen LogP) is 0.299. The van der Waals surface area contributed by atoms with Crippen molar-refractivity contribution in [2.45, 2.75) is 33.7 Å². The molecule has 3 N–H and O–H groups in total. The molecule has 0 unspecified atom stereocenters. The highest BCUT2D eigenvalue weighted by Gasteiger charge is 2.65. The SMILES string of the molecule is CC1(C)C(NS(=O)(=O)CCN)C1(C)C. The van der Waals surface area contributed by atoms with Crippen LogP contribution in [0.15, 0.2) is 0 Å². The highest BCUT2D eigenvalue weighted by molar-refractivity contribution is 7.89. The number of hydrogen-bond acceptors (Lipinski definition) is 3. The van der Waals surface area contributed by atoms with E-state index in [1.54, 1.807) is 0 Å². The van der Waals surface area contributed by atoms with Crippen LogP contribution in [0.4, 0.5) is 0 Å². The molecule has 0 heterocycles. The van der Waals surface area contributed by atoms with Crippen LogP contribution in [0.2, 0.25) is 0 Å². The van der Waals surface area contributed by atoms with E-state index in [1.807, 2.05) is 0 Å². The monoisotopic (exact) mass is 220 g/mol. The van der Waals surface area contributed by atoms with Crippen molar-refractivity contribution in [3.8, 4) is 0 Å². The molecule has 1 rings (SSSR count). The number of nitrogens with two attached hydrogens (primary N) is 1. The molecule has 1 saturated carbocycles. The van der Waals surface area contributed by atoms with Gasteiger partial charge in [-0.25, -0.2) is 13.1 Å². The molecule has 0 atom stereocenters. The largest absolute Gasteiger partial charge is 0.329 e. The zero-order chi connectivity index (χ0) is 11.2. The van der Waals surface area contributed by atoms with Crippen LogP contribution in [0.3, 0.4) is 0 Å². The Morgan fingerprint density at radius 3 is 1.93 bits per heavy atom.